The zero-order valence-electron chi connectivity index (χ0n) is 8.48. The van der Waals surface area contributed by atoms with Crippen LogP contribution < -0.4 is 0 Å². The van der Waals surface area contributed by atoms with E-state index in [1.54, 1.807) is 0 Å². The number of halogens is 1. The lowest BCUT2D eigenvalue weighted by atomic mass is 10.2. The fourth-order valence-electron chi connectivity index (χ4n) is 1.15. The topological polar surface area (TPSA) is 0 Å². The summed E-state index contributed by atoms with van der Waals surface area (Å²) in [6.07, 6.45) is 8.06. The Hall–Kier alpha value is 0.640. The molecule has 0 aliphatic rings. The number of hydrogen-bond acceptors (Lipinski definition) is 0. The molecule has 0 N–H and O–H groups in total. The lowest BCUT2D eigenvalue weighted by Crippen LogP contribution is -1.89. The Morgan fingerprint density at radius 3 is 2.00 bits per heavy atom. The van der Waals surface area contributed by atoms with Crippen molar-refractivity contribution in [3.8, 4) is 0 Å². The quantitative estimate of drug-likeness (QED) is 0.442. The van der Waals surface area contributed by atoms with Crippen molar-refractivity contribution >= 4 is 20.8 Å². The van der Waals surface area contributed by atoms with Gasteiger partial charge in [-0.2, -0.15) is 10.1 Å². The van der Waals surface area contributed by atoms with E-state index in [0.717, 1.165) is 0 Å². The summed E-state index contributed by atoms with van der Waals surface area (Å²) < 4.78 is 0. The van der Waals surface area contributed by atoms with Crippen molar-refractivity contribution < 1.29 is 0 Å². The zero-order chi connectivity index (χ0) is 9.23. The van der Waals surface area contributed by atoms with Gasteiger partial charge in [-0.1, -0.05) is 50.2 Å². The lowest BCUT2D eigenvalue weighted by Gasteiger charge is -2.11. The van der Waals surface area contributed by atoms with Crippen LogP contribution in [0.3, 0.4) is 0 Å². The average molecular weight is 211 g/mol. The monoisotopic (exact) mass is 210 g/mol. The fraction of sp³-hybridized carbons (Fsp3) is 1.00. The highest BCUT2D eigenvalue weighted by Crippen LogP contribution is 2.33. The largest absolute Gasteiger partial charge is 0.175 e. The van der Waals surface area contributed by atoms with Gasteiger partial charge in [-0.05, 0) is 24.3 Å². The second-order valence-electron chi connectivity index (χ2n) is 3.32. The summed E-state index contributed by atoms with van der Waals surface area (Å²) in [6.45, 7) is 4.48. The van der Waals surface area contributed by atoms with Gasteiger partial charge in [0, 0.05) is 0 Å². The van der Waals surface area contributed by atoms with Crippen molar-refractivity contribution in [2.75, 3.05) is 11.5 Å². The maximum Gasteiger partial charge on any atom is -0.0127 e. The van der Waals surface area contributed by atoms with E-state index in [2.05, 4.69) is 13.8 Å². The van der Waals surface area contributed by atoms with Crippen LogP contribution in [0.2, 0.25) is 0 Å². The van der Waals surface area contributed by atoms with Crippen molar-refractivity contribution in [3.05, 3.63) is 0 Å². The van der Waals surface area contributed by atoms with Gasteiger partial charge in [-0.15, -0.1) is 0 Å². The molecule has 0 fully saturated rings. The molecule has 0 rings (SSSR count). The first-order chi connectivity index (χ1) is 5.81. The van der Waals surface area contributed by atoms with Gasteiger partial charge in [-0.25, -0.2) is 0 Å². The summed E-state index contributed by atoms with van der Waals surface area (Å²) >= 11 is 0. The minimum absolute atomic E-state index is 0.131. The van der Waals surface area contributed by atoms with Crippen LogP contribution in [0.1, 0.15) is 52.4 Å². The van der Waals surface area contributed by atoms with Gasteiger partial charge in [0.05, 0.1) is 0 Å². The summed E-state index contributed by atoms with van der Waals surface area (Å²) in [5.74, 6) is 2.57. The molecule has 1 unspecified atom stereocenters. The van der Waals surface area contributed by atoms with Crippen molar-refractivity contribution in [2.45, 2.75) is 52.4 Å². The molecule has 0 aliphatic heterocycles. The Morgan fingerprint density at radius 2 is 1.42 bits per heavy atom. The molecule has 0 aromatic rings. The molecule has 76 valence electrons. The molecule has 0 amide bonds. The number of rotatable bonds is 8. The van der Waals surface area contributed by atoms with Crippen LogP contribution in [-0.2, 0) is 0 Å². The van der Waals surface area contributed by atoms with E-state index in [0.29, 0.717) is 0 Å². The minimum Gasteiger partial charge on any atom is -0.175 e. The third-order valence-corrected chi connectivity index (χ3v) is 4.63. The van der Waals surface area contributed by atoms with Gasteiger partial charge < -0.3 is 0 Å². The molecule has 12 heavy (non-hydrogen) atoms. The summed E-state index contributed by atoms with van der Waals surface area (Å²) in [5, 5.41) is 0. The highest BCUT2D eigenvalue weighted by atomic mass is 35.7. The van der Waals surface area contributed by atoms with Crippen molar-refractivity contribution in [1.82, 2.24) is 0 Å². The SMILES string of the molecule is CCCCCC[SH](Cl)CCCC. The molecule has 0 aliphatic carbocycles. The van der Waals surface area contributed by atoms with E-state index in [-0.39, 0.29) is 10.1 Å². The predicted octanol–water partition coefficient (Wildman–Crippen LogP) is 4.52. The second kappa shape index (κ2) is 9.73. The summed E-state index contributed by atoms with van der Waals surface area (Å²) in [4.78, 5) is 0. The highest BCUT2D eigenvalue weighted by molar-refractivity contribution is 8.36. The molecule has 0 saturated heterocycles. The van der Waals surface area contributed by atoms with Crippen LogP contribution in [0, 0.1) is 0 Å². The van der Waals surface area contributed by atoms with Gasteiger partial charge in [-0.3, -0.25) is 0 Å². The molecule has 0 aromatic heterocycles. The normalized spacial score (nSPS) is 14.8. The van der Waals surface area contributed by atoms with E-state index in [9.17, 15) is 0 Å². The van der Waals surface area contributed by atoms with Crippen LogP contribution >= 0.6 is 20.8 Å². The third kappa shape index (κ3) is 8.73. The number of unbranched alkanes of at least 4 members (excludes halogenated alkanes) is 4. The summed E-state index contributed by atoms with van der Waals surface area (Å²) in [5.41, 5.74) is 0. The number of hydrogen-bond donors (Lipinski definition) is 1. The van der Waals surface area contributed by atoms with Gasteiger partial charge in [0.2, 0.25) is 0 Å². The smallest absolute Gasteiger partial charge is 0.0127 e. The standard InChI is InChI=1S/C10H23ClS/c1-3-5-7-8-10-12(11)9-6-4-2/h12H,3-10H2,1-2H3. The van der Waals surface area contributed by atoms with Crippen LogP contribution in [0.25, 0.3) is 0 Å². The first kappa shape index (κ1) is 12.6. The molecule has 0 spiro atoms. The molecule has 2 heteroatoms. The predicted molar refractivity (Wildman–Crippen MR) is 63.6 cm³/mol. The first-order valence-electron chi connectivity index (χ1n) is 5.22. The van der Waals surface area contributed by atoms with Gasteiger partial charge >= 0.3 is 0 Å². The summed E-state index contributed by atoms with van der Waals surface area (Å²) in [6, 6.07) is 0. The van der Waals surface area contributed by atoms with Crippen LogP contribution in [0.5, 0.6) is 0 Å². The third-order valence-electron chi connectivity index (χ3n) is 2.01. The molecule has 0 radical (unpaired) electrons. The zero-order valence-corrected chi connectivity index (χ0v) is 10.1. The molecule has 0 bridgehead atoms. The minimum atomic E-state index is -0.131. The first-order valence-corrected chi connectivity index (χ1v) is 7.83. The average Bonchev–Trinajstić information content (AvgIpc) is 2.09. The van der Waals surface area contributed by atoms with E-state index >= 15 is 0 Å². The molecule has 0 heterocycles. The molecular weight excluding hydrogens is 188 g/mol. The molecule has 0 saturated carbocycles. The molecule has 0 aromatic carbocycles. The van der Waals surface area contributed by atoms with Crippen LogP contribution in [0.15, 0.2) is 0 Å². The molecule has 1 atom stereocenters. The lowest BCUT2D eigenvalue weighted by molar-refractivity contribution is 0.706. The van der Waals surface area contributed by atoms with Crippen LogP contribution in [-0.4, -0.2) is 11.5 Å². The van der Waals surface area contributed by atoms with Gasteiger partial charge in [0.1, 0.15) is 0 Å². The maximum atomic E-state index is 6.20. The van der Waals surface area contributed by atoms with E-state index in [1.165, 1.54) is 50.0 Å². The molecular formula is C10H23ClS. The van der Waals surface area contributed by atoms with Crippen molar-refractivity contribution in [1.29, 1.82) is 0 Å². The fourth-order valence-corrected chi connectivity index (χ4v) is 3.32. The number of thiol groups is 1. The maximum absolute atomic E-state index is 6.20. The Labute approximate surface area is 84.9 Å². The second-order valence-corrected chi connectivity index (χ2v) is 6.58. The van der Waals surface area contributed by atoms with Crippen LogP contribution in [0.4, 0.5) is 0 Å². The highest BCUT2D eigenvalue weighted by Gasteiger charge is 1.98. The van der Waals surface area contributed by atoms with Crippen molar-refractivity contribution in [2.24, 2.45) is 0 Å². The van der Waals surface area contributed by atoms with E-state index < -0.39 is 0 Å². The Kier molecular flexibility index (Phi) is 10.2. The molecule has 0 nitrogen and oxygen atoms in total. The Morgan fingerprint density at radius 1 is 0.833 bits per heavy atom. The Bertz CT molecular complexity index is 85.9. The van der Waals surface area contributed by atoms with Gasteiger partial charge in [0.25, 0.3) is 0 Å². The Balaban J connectivity index is 3.02. The van der Waals surface area contributed by atoms with E-state index in [1.807, 2.05) is 0 Å². The van der Waals surface area contributed by atoms with Crippen molar-refractivity contribution in [3.63, 3.8) is 0 Å². The van der Waals surface area contributed by atoms with Gasteiger partial charge in [0.15, 0.2) is 0 Å². The van der Waals surface area contributed by atoms with E-state index in [4.69, 9.17) is 10.7 Å². The summed E-state index contributed by atoms with van der Waals surface area (Å²) in [7, 11) is 6.07.